The van der Waals surface area contributed by atoms with Crippen LogP contribution in [0.5, 0.6) is 0 Å². The Hall–Kier alpha value is -2.49. The fourth-order valence-corrected chi connectivity index (χ4v) is 4.86. The lowest BCUT2D eigenvalue weighted by atomic mass is 9.99. The van der Waals surface area contributed by atoms with Gasteiger partial charge in [0.2, 0.25) is 21.8 Å². The minimum atomic E-state index is -3.71. The molecule has 1 aromatic heterocycles. The smallest absolute Gasteiger partial charge is 0.243 e. The molecule has 30 heavy (non-hydrogen) atoms. The zero-order valence-corrected chi connectivity index (χ0v) is 17.8. The van der Waals surface area contributed by atoms with Crippen LogP contribution in [0.4, 0.5) is 0 Å². The van der Waals surface area contributed by atoms with Crippen LogP contribution in [-0.4, -0.2) is 49.2 Å². The molecule has 0 unspecified atom stereocenters. The topological polar surface area (TPSA) is 108 Å². The van der Waals surface area contributed by atoms with Gasteiger partial charge in [-0.15, -0.1) is 0 Å². The minimum absolute atomic E-state index is 0.0788. The number of benzene rings is 1. The number of amides is 2. The van der Waals surface area contributed by atoms with Gasteiger partial charge in [0.05, 0.1) is 17.4 Å². The van der Waals surface area contributed by atoms with Crippen molar-refractivity contribution >= 4 is 33.4 Å². The molecule has 1 aliphatic heterocycles. The monoisotopic (exact) mass is 450 g/mol. The van der Waals surface area contributed by atoms with Gasteiger partial charge in [-0.3, -0.25) is 14.6 Å². The van der Waals surface area contributed by atoms with Gasteiger partial charge in [-0.05, 0) is 54.8 Å². The second-order valence-corrected chi connectivity index (χ2v) is 9.38. The molecule has 1 aromatic carbocycles. The molecule has 0 spiro atoms. The maximum absolute atomic E-state index is 12.8. The summed E-state index contributed by atoms with van der Waals surface area (Å²) in [5, 5.41) is 5.77. The van der Waals surface area contributed by atoms with Crippen molar-refractivity contribution in [3.8, 4) is 0 Å². The van der Waals surface area contributed by atoms with Crippen LogP contribution in [0, 0.1) is 5.92 Å². The van der Waals surface area contributed by atoms with E-state index in [9.17, 15) is 18.0 Å². The van der Waals surface area contributed by atoms with Gasteiger partial charge in [-0.2, -0.15) is 4.31 Å². The van der Waals surface area contributed by atoms with E-state index in [2.05, 4.69) is 15.6 Å². The zero-order chi connectivity index (χ0) is 21.6. The Labute approximate surface area is 180 Å². The van der Waals surface area contributed by atoms with E-state index in [4.69, 9.17) is 11.6 Å². The number of hydrogen-bond donors (Lipinski definition) is 2. The van der Waals surface area contributed by atoms with Gasteiger partial charge in [0, 0.05) is 37.1 Å². The zero-order valence-electron chi connectivity index (χ0n) is 16.3. The van der Waals surface area contributed by atoms with Crippen LogP contribution in [0.1, 0.15) is 18.4 Å². The predicted molar refractivity (Wildman–Crippen MR) is 112 cm³/mol. The Morgan fingerprint density at radius 2 is 1.80 bits per heavy atom. The van der Waals surface area contributed by atoms with Gasteiger partial charge in [-0.25, -0.2) is 8.42 Å². The lowest BCUT2D eigenvalue weighted by molar-refractivity contribution is -0.129. The molecule has 2 N–H and O–H groups in total. The number of nitrogens with one attached hydrogen (secondary N) is 2. The molecular formula is C20H23ClN4O4S. The van der Waals surface area contributed by atoms with Gasteiger partial charge in [0.1, 0.15) is 0 Å². The lowest BCUT2D eigenvalue weighted by Gasteiger charge is -2.31. The number of sulfonamides is 1. The first-order valence-corrected chi connectivity index (χ1v) is 11.4. The highest BCUT2D eigenvalue weighted by molar-refractivity contribution is 7.89. The summed E-state index contributed by atoms with van der Waals surface area (Å²) in [6.07, 6.45) is 4.41. The average molecular weight is 451 g/mol. The Balaban J connectivity index is 1.51. The van der Waals surface area contributed by atoms with Crippen LogP contribution in [0.25, 0.3) is 0 Å². The first kappa shape index (κ1) is 22.2. The van der Waals surface area contributed by atoms with E-state index in [1.54, 1.807) is 24.5 Å². The van der Waals surface area contributed by atoms with Gasteiger partial charge < -0.3 is 10.6 Å². The first-order valence-electron chi connectivity index (χ1n) is 9.55. The number of piperidine rings is 1. The highest BCUT2D eigenvalue weighted by atomic mass is 35.5. The molecule has 2 heterocycles. The van der Waals surface area contributed by atoms with Crippen LogP contribution in [0.3, 0.4) is 0 Å². The highest BCUT2D eigenvalue weighted by Gasteiger charge is 2.33. The van der Waals surface area contributed by atoms with E-state index < -0.39 is 15.9 Å². The number of carbonyl (C=O) groups is 2. The third kappa shape index (κ3) is 5.78. The molecule has 0 aliphatic carbocycles. The molecule has 0 radical (unpaired) electrons. The highest BCUT2D eigenvalue weighted by Crippen LogP contribution is 2.24. The van der Waals surface area contributed by atoms with E-state index in [0.29, 0.717) is 31.0 Å². The Morgan fingerprint density at radius 1 is 1.10 bits per heavy atom. The minimum Gasteiger partial charge on any atom is -0.350 e. The van der Waals surface area contributed by atoms with E-state index in [1.165, 1.54) is 28.6 Å². The standard InChI is InChI=1S/C20H23ClN4O4S/c21-17-3-5-18(6-4-17)30(28,29)25-11-1-2-16(14-25)20(27)24-13-19(26)23-12-15-7-9-22-10-8-15/h3-10,16H,1-2,11-14H2,(H,23,26)(H,24,27)/t16-/m0/s1. The fraction of sp³-hybridized carbons (Fsp3) is 0.350. The number of halogens is 1. The Morgan fingerprint density at radius 3 is 2.50 bits per heavy atom. The normalized spacial score (nSPS) is 17.3. The van der Waals surface area contributed by atoms with Crippen LogP contribution in [0.15, 0.2) is 53.7 Å². The van der Waals surface area contributed by atoms with E-state index >= 15 is 0 Å². The average Bonchev–Trinajstić information content (AvgIpc) is 2.77. The molecule has 1 atom stereocenters. The third-order valence-corrected chi connectivity index (χ3v) is 7.00. The predicted octanol–water partition coefficient (Wildman–Crippen LogP) is 1.57. The number of rotatable bonds is 7. The van der Waals surface area contributed by atoms with Gasteiger partial charge >= 0.3 is 0 Å². The third-order valence-electron chi connectivity index (χ3n) is 4.87. The lowest BCUT2D eigenvalue weighted by Crippen LogP contribution is -2.47. The summed E-state index contributed by atoms with van der Waals surface area (Å²) < 4.78 is 27.0. The molecule has 1 fully saturated rings. The van der Waals surface area contributed by atoms with E-state index in [0.717, 1.165) is 5.56 Å². The summed E-state index contributed by atoms with van der Waals surface area (Å²) in [7, 11) is -3.71. The van der Waals surface area contributed by atoms with Crippen molar-refractivity contribution in [3.05, 3.63) is 59.4 Å². The Bertz CT molecular complexity index is 984. The summed E-state index contributed by atoms with van der Waals surface area (Å²) >= 11 is 5.83. The molecule has 2 amide bonds. The SMILES string of the molecule is O=C(CNC(=O)[C@H]1CCCN(S(=O)(=O)c2ccc(Cl)cc2)C1)NCc1ccncc1. The molecule has 1 saturated heterocycles. The van der Waals surface area contributed by atoms with Crippen LogP contribution >= 0.6 is 11.6 Å². The van der Waals surface area contributed by atoms with Gasteiger partial charge in [0.15, 0.2) is 0 Å². The molecule has 8 nitrogen and oxygen atoms in total. The van der Waals surface area contributed by atoms with Crippen molar-refractivity contribution in [1.82, 2.24) is 19.9 Å². The van der Waals surface area contributed by atoms with Crippen molar-refractivity contribution in [2.45, 2.75) is 24.3 Å². The maximum Gasteiger partial charge on any atom is 0.243 e. The van der Waals surface area contributed by atoms with Crippen molar-refractivity contribution in [3.63, 3.8) is 0 Å². The largest absolute Gasteiger partial charge is 0.350 e. The maximum atomic E-state index is 12.8. The number of pyridine rings is 1. The summed E-state index contributed by atoms with van der Waals surface area (Å²) in [5.41, 5.74) is 0.903. The number of nitrogens with zero attached hydrogens (tertiary/aromatic N) is 2. The second-order valence-electron chi connectivity index (χ2n) is 7.01. The number of aromatic nitrogens is 1. The van der Waals surface area contributed by atoms with Crippen molar-refractivity contribution in [1.29, 1.82) is 0 Å². The van der Waals surface area contributed by atoms with Gasteiger partial charge in [0.25, 0.3) is 0 Å². The van der Waals surface area contributed by atoms with Crippen LogP contribution in [-0.2, 0) is 26.2 Å². The summed E-state index contributed by atoms with van der Waals surface area (Å²) in [5.74, 6) is -1.15. The molecule has 0 saturated carbocycles. The first-order chi connectivity index (χ1) is 14.4. The van der Waals surface area contributed by atoms with Gasteiger partial charge in [-0.1, -0.05) is 11.6 Å². The molecule has 1 aliphatic rings. The van der Waals surface area contributed by atoms with Crippen LogP contribution in [0.2, 0.25) is 5.02 Å². The summed E-state index contributed by atoms with van der Waals surface area (Å²) in [6.45, 7) is 0.606. The summed E-state index contributed by atoms with van der Waals surface area (Å²) in [4.78, 5) is 28.5. The molecule has 160 valence electrons. The molecule has 2 aromatic rings. The second kappa shape index (κ2) is 10.0. The number of hydrogen-bond acceptors (Lipinski definition) is 5. The molecular weight excluding hydrogens is 428 g/mol. The molecule has 3 rings (SSSR count). The Kier molecular flexibility index (Phi) is 7.41. The van der Waals surface area contributed by atoms with E-state index in [-0.39, 0.29) is 29.8 Å². The van der Waals surface area contributed by atoms with E-state index in [1.807, 2.05) is 0 Å². The van der Waals surface area contributed by atoms with Crippen molar-refractivity contribution in [2.75, 3.05) is 19.6 Å². The fourth-order valence-electron chi connectivity index (χ4n) is 3.21. The quantitative estimate of drug-likeness (QED) is 0.665. The molecule has 10 heteroatoms. The number of carbonyl (C=O) groups excluding carboxylic acids is 2. The van der Waals surface area contributed by atoms with Crippen LogP contribution < -0.4 is 10.6 Å². The molecule has 0 bridgehead atoms. The van der Waals surface area contributed by atoms with Crippen molar-refractivity contribution in [2.24, 2.45) is 5.92 Å². The summed E-state index contributed by atoms with van der Waals surface area (Å²) in [6, 6.07) is 9.52. The van der Waals surface area contributed by atoms with Crippen molar-refractivity contribution < 1.29 is 18.0 Å².